The Morgan fingerprint density at radius 1 is 1.33 bits per heavy atom. The quantitative estimate of drug-likeness (QED) is 0.567. The Morgan fingerprint density at radius 2 is 1.83 bits per heavy atom. The van der Waals surface area contributed by atoms with Crippen molar-refractivity contribution >= 4 is 16.1 Å². The lowest BCUT2D eigenvalue weighted by atomic mass is 9.96. The smallest absolute Gasteiger partial charge is 0.318 e. The standard InChI is InChI=1S/C6H12N2O3S/c1-6(2,3)4-7-5(9)8-12(4,10)11/h4H,1-3H3,(H2,7,8,9). The van der Waals surface area contributed by atoms with Gasteiger partial charge in [-0.25, -0.2) is 17.9 Å². The van der Waals surface area contributed by atoms with Crippen LogP contribution in [0.15, 0.2) is 0 Å². The molecular weight excluding hydrogens is 180 g/mol. The van der Waals surface area contributed by atoms with Crippen LogP contribution in [0.5, 0.6) is 0 Å². The zero-order valence-electron chi connectivity index (χ0n) is 7.21. The van der Waals surface area contributed by atoms with Crippen molar-refractivity contribution in [2.45, 2.75) is 26.1 Å². The van der Waals surface area contributed by atoms with Crippen molar-refractivity contribution in [2.24, 2.45) is 5.41 Å². The van der Waals surface area contributed by atoms with E-state index >= 15 is 0 Å². The van der Waals surface area contributed by atoms with E-state index in [4.69, 9.17) is 0 Å². The molecule has 0 spiro atoms. The lowest BCUT2D eigenvalue weighted by Crippen LogP contribution is -2.40. The molecular formula is C6H12N2O3S. The second-order valence-corrected chi connectivity index (χ2v) is 5.63. The van der Waals surface area contributed by atoms with Crippen LogP contribution in [0.4, 0.5) is 4.79 Å². The fraction of sp³-hybridized carbons (Fsp3) is 0.833. The Balaban J connectivity index is 3.02. The van der Waals surface area contributed by atoms with Gasteiger partial charge in [-0.3, -0.25) is 0 Å². The molecule has 5 nitrogen and oxygen atoms in total. The fourth-order valence-electron chi connectivity index (χ4n) is 1.10. The van der Waals surface area contributed by atoms with Crippen molar-refractivity contribution in [1.29, 1.82) is 0 Å². The van der Waals surface area contributed by atoms with Crippen LogP contribution >= 0.6 is 0 Å². The average molecular weight is 192 g/mol. The first-order chi connectivity index (χ1) is 5.23. The van der Waals surface area contributed by atoms with Crippen LogP contribution in [0.1, 0.15) is 20.8 Å². The Kier molecular flexibility index (Phi) is 1.82. The zero-order chi connectivity index (χ0) is 9.57. The summed E-state index contributed by atoms with van der Waals surface area (Å²) in [6.45, 7) is 5.26. The third kappa shape index (κ3) is 1.52. The SMILES string of the molecule is CC(C)(C)C1NC(=O)NS1(=O)=O. The molecule has 1 rings (SSSR count). The summed E-state index contributed by atoms with van der Waals surface area (Å²) in [5.74, 6) is 0. The highest BCUT2D eigenvalue weighted by atomic mass is 32.2. The Morgan fingerprint density at radius 3 is 2.00 bits per heavy atom. The molecule has 70 valence electrons. The highest BCUT2D eigenvalue weighted by molar-refractivity contribution is 7.91. The molecule has 0 aromatic heterocycles. The van der Waals surface area contributed by atoms with E-state index in [1.165, 1.54) is 0 Å². The molecule has 0 aliphatic carbocycles. The minimum Gasteiger partial charge on any atom is -0.318 e. The Labute approximate surface area is 71.6 Å². The van der Waals surface area contributed by atoms with E-state index < -0.39 is 26.8 Å². The number of urea groups is 1. The van der Waals surface area contributed by atoms with Crippen LogP contribution in [0.3, 0.4) is 0 Å². The van der Waals surface area contributed by atoms with E-state index in [-0.39, 0.29) is 0 Å². The molecule has 0 aromatic rings. The van der Waals surface area contributed by atoms with Gasteiger partial charge in [0.05, 0.1) is 0 Å². The van der Waals surface area contributed by atoms with Gasteiger partial charge in [0.25, 0.3) is 10.0 Å². The molecule has 0 radical (unpaired) electrons. The third-order valence-corrected chi connectivity index (χ3v) is 3.51. The molecule has 1 unspecified atom stereocenters. The van der Waals surface area contributed by atoms with Gasteiger partial charge in [0.2, 0.25) is 0 Å². The van der Waals surface area contributed by atoms with Gasteiger partial charge in [-0.2, -0.15) is 0 Å². The number of rotatable bonds is 0. The zero-order valence-corrected chi connectivity index (χ0v) is 8.03. The maximum Gasteiger partial charge on any atom is 0.329 e. The predicted molar refractivity (Wildman–Crippen MR) is 43.8 cm³/mol. The van der Waals surface area contributed by atoms with Crippen molar-refractivity contribution < 1.29 is 13.2 Å². The maximum atomic E-state index is 11.2. The van der Waals surface area contributed by atoms with Gasteiger partial charge < -0.3 is 5.32 Å². The normalized spacial score (nSPS) is 27.9. The maximum absolute atomic E-state index is 11.2. The summed E-state index contributed by atoms with van der Waals surface area (Å²) in [7, 11) is -3.50. The van der Waals surface area contributed by atoms with E-state index in [0.717, 1.165) is 0 Å². The molecule has 0 aromatic carbocycles. The minimum absolute atomic E-state index is 0.488. The lowest BCUT2D eigenvalue weighted by Gasteiger charge is -2.23. The number of carbonyl (C=O) groups excluding carboxylic acids is 1. The first-order valence-corrected chi connectivity index (χ1v) is 5.10. The van der Waals surface area contributed by atoms with E-state index in [9.17, 15) is 13.2 Å². The van der Waals surface area contributed by atoms with Crippen molar-refractivity contribution in [2.75, 3.05) is 0 Å². The van der Waals surface area contributed by atoms with Crippen LogP contribution in [0.25, 0.3) is 0 Å². The van der Waals surface area contributed by atoms with E-state index in [2.05, 4.69) is 5.32 Å². The van der Waals surface area contributed by atoms with Gasteiger partial charge in [-0.15, -0.1) is 0 Å². The summed E-state index contributed by atoms with van der Waals surface area (Å²) < 4.78 is 24.3. The monoisotopic (exact) mass is 192 g/mol. The first kappa shape index (κ1) is 9.31. The van der Waals surface area contributed by atoms with Crippen molar-refractivity contribution in [3.63, 3.8) is 0 Å². The molecule has 0 bridgehead atoms. The Hall–Kier alpha value is -0.780. The highest BCUT2D eigenvalue weighted by Crippen LogP contribution is 2.25. The van der Waals surface area contributed by atoms with Gasteiger partial charge in [0, 0.05) is 0 Å². The molecule has 1 heterocycles. The molecule has 2 amide bonds. The van der Waals surface area contributed by atoms with Gasteiger partial charge in [0.15, 0.2) is 5.37 Å². The molecule has 12 heavy (non-hydrogen) atoms. The highest BCUT2D eigenvalue weighted by Gasteiger charge is 2.43. The second-order valence-electron chi connectivity index (χ2n) is 3.87. The van der Waals surface area contributed by atoms with Crippen LogP contribution in [0, 0.1) is 5.41 Å². The topological polar surface area (TPSA) is 75.3 Å². The molecule has 1 aliphatic rings. The summed E-state index contributed by atoms with van der Waals surface area (Å²) in [6.07, 6.45) is 0. The summed E-state index contributed by atoms with van der Waals surface area (Å²) >= 11 is 0. The molecule has 0 saturated carbocycles. The number of nitrogens with one attached hydrogen (secondary N) is 2. The Bertz CT molecular complexity index is 301. The van der Waals surface area contributed by atoms with Crippen LogP contribution in [-0.4, -0.2) is 19.8 Å². The van der Waals surface area contributed by atoms with E-state index in [1.54, 1.807) is 20.8 Å². The minimum atomic E-state index is -3.50. The largest absolute Gasteiger partial charge is 0.329 e. The second kappa shape index (κ2) is 2.35. The molecule has 1 fully saturated rings. The lowest BCUT2D eigenvalue weighted by molar-refractivity contribution is 0.242. The average Bonchev–Trinajstić information content (AvgIpc) is 2.02. The number of carbonyl (C=O) groups is 1. The van der Waals surface area contributed by atoms with Crippen molar-refractivity contribution in [3.8, 4) is 0 Å². The van der Waals surface area contributed by atoms with Gasteiger partial charge in [0.1, 0.15) is 0 Å². The van der Waals surface area contributed by atoms with Crippen LogP contribution < -0.4 is 10.0 Å². The summed E-state index contributed by atoms with van der Waals surface area (Å²) in [5.41, 5.74) is -0.488. The van der Waals surface area contributed by atoms with Crippen LogP contribution in [0.2, 0.25) is 0 Å². The summed E-state index contributed by atoms with van der Waals surface area (Å²) in [4.78, 5) is 10.7. The van der Waals surface area contributed by atoms with Gasteiger partial charge >= 0.3 is 6.03 Å². The number of hydrogen-bond acceptors (Lipinski definition) is 3. The molecule has 2 N–H and O–H groups in total. The first-order valence-electron chi connectivity index (χ1n) is 3.55. The third-order valence-electron chi connectivity index (χ3n) is 1.59. The van der Waals surface area contributed by atoms with Crippen LogP contribution in [-0.2, 0) is 10.0 Å². The van der Waals surface area contributed by atoms with Crippen molar-refractivity contribution in [1.82, 2.24) is 10.0 Å². The number of hydrogen-bond donors (Lipinski definition) is 2. The van der Waals surface area contributed by atoms with E-state index in [1.807, 2.05) is 4.72 Å². The molecule has 1 atom stereocenters. The number of sulfonamides is 1. The van der Waals surface area contributed by atoms with E-state index in [0.29, 0.717) is 0 Å². The fourth-order valence-corrected chi connectivity index (χ4v) is 2.72. The molecule has 1 saturated heterocycles. The van der Waals surface area contributed by atoms with Gasteiger partial charge in [-0.05, 0) is 5.41 Å². The molecule has 1 aliphatic heterocycles. The number of amides is 2. The molecule has 6 heteroatoms. The van der Waals surface area contributed by atoms with Gasteiger partial charge in [-0.1, -0.05) is 20.8 Å². The predicted octanol–water partition coefficient (Wildman–Crippen LogP) is 0.00120. The summed E-state index contributed by atoms with van der Waals surface area (Å²) in [6, 6.07) is -0.644. The van der Waals surface area contributed by atoms with Crippen molar-refractivity contribution in [3.05, 3.63) is 0 Å². The summed E-state index contributed by atoms with van der Waals surface area (Å²) in [5, 5.41) is 1.51.